The number of rotatable bonds is 4. The van der Waals surface area contributed by atoms with Gasteiger partial charge in [0.05, 0.1) is 11.9 Å². The Bertz CT molecular complexity index is 843. The van der Waals surface area contributed by atoms with E-state index >= 15 is 0 Å². The van der Waals surface area contributed by atoms with Crippen molar-refractivity contribution in [2.24, 2.45) is 0 Å². The molecule has 0 saturated heterocycles. The molecule has 3 aromatic rings. The third kappa shape index (κ3) is 3.79. The first-order valence-electron chi connectivity index (χ1n) is 7.78. The van der Waals surface area contributed by atoms with E-state index in [1.807, 2.05) is 36.4 Å². The van der Waals surface area contributed by atoms with Crippen molar-refractivity contribution in [1.82, 2.24) is 4.98 Å². The minimum atomic E-state index is -0.146. The minimum Gasteiger partial charge on any atom is -0.340 e. The van der Waals surface area contributed by atoms with Crippen molar-refractivity contribution in [3.05, 3.63) is 83.6 Å². The van der Waals surface area contributed by atoms with E-state index in [-0.39, 0.29) is 5.91 Å². The van der Waals surface area contributed by atoms with Crippen molar-refractivity contribution >= 4 is 23.1 Å². The van der Waals surface area contributed by atoms with Gasteiger partial charge in [0.15, 0.2) is 0 Å². The average Bonchev–Trinajstić information content (AvgIpc) is 2.61. The molecule has 2 N–H and O–H groups in total. The molecule has 1 heterocycles. The van der Waals surface area contributed by atoms with Crippen LogP contribution in [0.4, 0.5) is 17.2 Å². The van der Waals surface area contributed by atoms with Gasteiger partial charge in [-0.3, -0.25) is 4.79 Å². The first-order valence-corrected chi connectivity index (χ1v) is 7.78. The smallest absolute Gasteiger partial charge is 0.255 e. The molecule has 0 bridgehead atoms. The highest BCUT2D eigenvalue weighted by Gasteiger charge is 2.05. The van der Waals surface area contributed by atoms with Crippen molar-refractivity contribution in [2.75, 3.05) is 10.6 Å². The van der Waals surface area contributed by atoms with Gasteiger partial charge < -0.3 is 10.6 Å². The van der Waals surface area contributed by atoms with E-state index in [0.29, 0.717) is 11.3 Å². The van der Waals surface area contributed by atoms with Gasteiger partial charge >= 0.3 is 0 Å². The highest BCUT2D eigenvalue weighted by atomic mass is 16.1. The van der Waals surface area contributed by atoms with E-state index in [9.17, 15) is 4.79 Å². The molecule has 0 aliphatic heterocycles. The van der Waals surface area contributed by atoms with Crippen LogP contribution in [0.1, 0.15) is 21.5 Å². The normalized spacial score (nSPS) is 10.2. The second-order valence-electron chi connectivity index (χ2n) is 5.68. The molecule has 3 rings (SSSR count). The Morgan fingerprint density at radius 2 is 1.62 bits per heavy atom. The van der Waals surface area contributed by atoms with Crippen LogP contribution in [0.25, 0.3) is 0 Å². The maximum Gasteiger partial charge on any atom is 0.255 e. The van der Waals surface area contributed by atoms with Crippen LogP contribution in [-0.2, 0) is 0 Å². The van der Waals surface area contributed by atoms with E-state index in [1.165, 1.54) is 11.1 Å². The van der Waals surface area contributed by atoms with Gasteiger partial charge in [0.2, 0.25) is 0 Å². The van der Waals surface area contributed by atoms with Crippen LogP contribution in [0.3, 0.4) is 0 Å². The Labute approximate surface area is 141 Å². The fourth-order valence-electron chi connectivity index (χ4n) is 2.30. The second kappa shape index (κ2) is 6.96. The minimum absolute atomic E-state index is 0.146. The van der Waals surface area contributed by atoms with Gasteiger partial charge in [-0.05, 0) is 61.4 Å². The van der Waals surface area contributed by atoms with Crippen molar-refractivity contribution in [3.8, 4) is 0 Å². The van der Waals surface area contributed by atoms with E-state index in [1.54, 1.807) is 18.3 Å². The molecule has 0 aliphatic carbocycles. The summed E-state index contributed by atoms with van der Waals surface area (Å²) >= 11 is 0. The van der Waals surface area contributed by atoms with Crippen LogP contribution < -0.4 is 10.6 Å². The van der Waals surface area contributed by atoms with Crippen molar-refractivity contribution < 1.29 is 4.79 Å². The molecule has 0 saturated carbocycles. The lowest BCUT2D eigenvalue weighted by atomic mass is 10.1. The van der Waals surface area contributed by atoms with Gasteiger partial charge in [0.25, 0.3) is 5.91 Å². The predicted octanol–water partition coefficient (Wildman–Crippen LogP) is 4.69. The Morgan fingerprint density at radius 1 is 0.875 bits per heavy atom. The summed E-state index contributed by atoms with van der Waals surface area (Å²) in [5.41, 5.74) is 4.76. The molecule has 0 fully saturated rings. The number of carbonyl (C=O) groups is 1. The van der Waals surface area contributed by atoms with Gasteiger partial charge in [0.1, 0.15) is 5.82 Å². The molecule has 0 atom stereocenters. The molecular formula is C20H19N3O. The van der Waals surface area contributed by atoms with Gasteiger partial charge in [-0.1, -0.05) is 24.3 Å². The van der Waals surface area contributed by atoms with Crippen molar-refractivity contribution in [1.29, 1.82) is 0 Å². The van der Waals surface area contributed by atoms with Crippen LogP contribution in [0.2, 0.25) is 0 Å². The summed E-state index contributed by atoms with van der Waals surface area (Å²) in [5, 5.41) is 6.10. The Hall–Kier alpha value is -3.14. The maximum atomic E-state index is 12.1. The Kier molecular flexibility index (Phi) is 4.57. The summed E-state index contributed by atoms with van der Waals surface area (Å²) in [4.78, 5) is 16.5. The number of amides is 1. The molecule has 24 heavy (non-hydrogen) atoms. The molecule has 4 nitrogen and oxygen atoms in total. The molecular weight excluding hydrogens is 298 g/mol. The highest BCUT2D eigenvalue weighted by molar-refractivity contribution is 6.04. The van der Waals surface area contributed by atoms with Crippen LogP contribution in [0.5, 0.6) is 0 Å². The monoisotopic (exact) mass is 317 g/mol. The number of carbonyl (C=O) groups excluding carboxylic acids is 1. The summed E-state index contributed by atoms with van der Waals surface area (Å²) in [7, 11) is 0. The third-order valence-electron chi connectivity index (χ3n) is 3.84. The van der Waals surface area contributed by atoms with Gasteiger partial charge in [0, 0.05) is 11.3 Å². The number of aromatic nitrogens is 1. The Balaban J connectivity index is 1.67. The zero-order valence-corrected chi connectivity index (χ0v) is 13.7. The Morgan fingerprint density at radius 3 is 2.29 bits per heavy atom. The highest BCUT2D eigenvalue weighted by Crippen LogP contribution is 2.19. The lowest BCUT2D eigenvalue weighted by molar-refractivity contribution is 0.102. The molecule has 1 amide bonds. The van der Waals surface area contributed by atoms with Gasteiger partial charge in [-0.25, -0.2) is 4.98 Å². The van der Waals surface area contributed by atoms with E-state index in [0.717, 1.165) is 11.5 Å². The summed E-state index contributed by atoms with van der Waals surface area (Å²) in [5.74, 6) is 0.586. The number of nitrogens with one attached hydrogen (secondary N) is 2. The SMILES string of the molecule is Cc1ccc(Nc2ccc(NC(=O)c3ccccc3)cn2)cc1C. The average molecular weight is 317 g/mol. The standard InChI is InChI=1S/C20H19N3O/c1-14-8-9-17(12-15(14)2)22-19-11-10-18(13-21-19)23-20(24)16-6-4-3-5-7-16/h3-13H,1-2H3,(H,21,22)(H,23,24). The number of aryl methyl sites for hydroxylation is 2. The third-order valence-corrected chi connectivity index (χ3v) is 3.84. The zero-order valence-electron chi connectivity index (χ0n) is 13.7. The van der Waals surface area contributed by atoms with E-state index < -0.39 is 0 Å². The lowest BCUT2D eigenvalue weighted by Gasteiger charge is -2.09. The van der Waals surface area contributed by atoms with Crippen LogP contribution in [-0.4, -0.2) is 10.9 Å². The first-order chi connectivity index (χ1) is 11.6. The van der Waals surface area contributed by atoms with Crippen LogP contribution >= 0.6 is 0 Å². The number of anilines is 3. The molecule has 4 heteroatoms. The number of benzene rings is 2. The van der Waals surface area contributed by atoms with Crippen molar-refractivity contribution in [3.63, 3.8) is 0 Å². The predicted molar refractivity (Wildman–Crippen MR) is 97.8 cm³/mol. The largest absolute Gasteiger partial charge is 0.340 e. The number of pyridine rings is 1. The summed E-state index contributed by atoms with van der Waals surface area (Å²) in [6, 6.07) is 19.0. The van der Waals surface area contributed by atoms with E-state index in [4.69, 9.17) is 0 Å². The summed E-state index contributed by atoms with van der Waals surface area (Å²) in [6.45, 7) is 4.16. The quantitative estimate of drug-likeness (QED) is 0.733. The number of nitrogens with zero attached hydrogens (tertiary/aromatic N) is 1. The van der Waals surface area contributed by atoms with Gasteiger partial charge in [-0.2, -0.15) is 0 Å². The fraction of sp³-hybridized carbons (Fsp3) is 0.100. The first kappa shape index (κ1) is 15.7. The molecule has 0 aliphatic rings. The molecule has 0 radical (unpaired) electrons. The second-order valence-corrected chi connectivity index (χ2v) is 5.68. The fourth-order valence-corrected chi connectivity index (χ4v) is 2.30. The molecule has 120 valence electrons. The number of hydrogen-bond acceptors (Lipinski definition) is 3. The zero-order chi connectivity index (χ0) is 16.9. The summed E-state index contributed by atoms with van der Waals surface area (Å²) in [6.07, 6.45) is 1.64. The van der Waals surface area contributed by atoms with Gasteiger partial charge in [-0.15, -0.1) is 0 Å². The van der Waals surface area contributed by atoms with Crippen molar-refractivity contribution in [2.45, 2.75) is 13.8 Å². The number of hydrogen-bond donors (Lipinski definition) is 2. The van der Waals surface area contributed by atoms with Crippen LogP contribution in [0.15, 0.2) is 66.9 Å². The maximum absolute atomic E-state index is 12.1. The molecule has 0 unspecified atom stereocenters. The summed E-state index contributed by atoms with van der Waals surface area (Å²) < 4.78 is 0. The molecule has 1 aromatic heterocycles. The topological polar surface area (TPSA) is 54.0 Å². The van der Waals surface area contributed by atoms with E-state index in [2.05, 4.69) is 41.6 Å². The lowest BCUT2D eigenvalue weighted by Crippen LogP contribution is -2.11. The molecule has 0 spiro atoms. The molecule has 2 aromatic carbocycles. The van der Waals surface area contributed by atoms with Crippen LogP contribution in [0, 0.1) is 13.8 Å².